The van der Waals surface area contributed by atoms with Crippen molar-refractivity contribution in [3.8, 4) is 11.5 Å². The number of carbonyl (C=O) groups is 3. The molecule has 2 amide bonds. The van der Waals surface area contributed by atoms with E-state index in [4.69, 9.17) is 15.2 Å². The summed E-state index contributed by atoms with van der Waals surface area (Å²) in [5, 5.41) is 12.6. The number of esters is 1. The number of fused-ring (bicyclic) bond motifs is 1. The topological polar surface area (TPSA) is 128 Å². The summed E-state index contributed by atoms with van der Waals surface area (Å²) in [6, 6.07) is 4.58. The van der Waals surface area contributed by atoms with E-state index < -0.39 is 24.4 Å². The van der Waals surface area contributed by atoms with Gasteiger partial charge >= 0.3 is 5.97 Å². The molecular formula is C20H20N2O6S. The van der Waals surface area contributed by atoms with Gasteiger partial charge < -0.3 is 25.6 Å². The standard InChI is InChI=1S/C20H20N2O6S/c1-27-14-9-11(5-7-13(14)23)6-8-17(25)28-10-16(24)22-20-18(19(21)26)12-3-2-4-15(12)29-20/h5-9,23H,2-4,10H2,1H3,(H2,21,26)(H,22,24)/b8-6+. The molecule has 2 aromatic rings. The summed E-state index contributed by atoms with van der Waals surface area (Å²) in [5.74, 6) is -1.59. The molecule has 3 rings (SSSR count). The van der Waals surface area contributed by atoms with Gasteiger partial charge in [-0.15, -0.1) is 11.3 Å². The molecule has 1 heterocycles. The second kappa shape index (κ2) is 8.78. The molecule has 0 saturated carbocycles. The third-order valence-corrected chi connectivity index (χ3v) is 5.59. The van der Waals surface area contributed by atoms with Crippen LogP contribution < -0.4 is 15.8 Å². The van der Waals surface area contributed by atoms with E-state index in [9.17, 15) is 19.5 Å². The van der Waals surface area contributed by atoms with Gasteiger partial charge in [-0.05, 0) is 48.6 Å². The molecule has 8 nitrogen and oxygen atoms in total. The molecule has 0 bridgehead atoms. The summed E-state index contributed by atoms with van der Waals surface area (Å²) in [6.07, 6.45) is 5.22. The van der Waals surface area contributed by atoms with Crippen molar-refractivity contribution >= 4 is 40.2 Å². The molecule has 0 aliphatic heterocycles. The summed E-state index contributed by atoms with van der Waals surface area (Å²) in [4.78, 5) is 36.7. The molecule has 9 heteroatoms. The number of nitrogens with one attached hydrogen (secondary N) is 1. The molecule has 4 N–H and O–H groups in total. The number of nitrogens with two attached hydrogens (primary N) is 1. The van der Waals surface area contributed by atoms with E-state index >= 15 is 0 Å². The normalized spacial score (nSPS) is 12.6. The number of rotatable bonds is 7. The fourth-order valence-corrected chi connectivity index (χ4v) is 4.37. The lowest BCUT2D eigenvalue weighted by atomic mass is 10.1. The third kappa shape index (κ3) is 4.75. The predicted molar refractivity (Wildman–Crippen MR) is 108 cm³/mol. The Morgan fingerprint density at radius 2 is 2.10 bits per heavy atom. The van der Waals surface area contributed by atoms with Gasteiger partial charge in [-0.25, -0.2) is 4.79 Å². The molecule has 0 unspecified atom stereocenters. The summed E-state index contributed by atoms with van der Waals surface area (Å²) >= 11 is 1.33. The molecule has 29 heavy (non-hydrogen) atoms. The molecule has 0 saturated heterocycles. The Morgan fingerprint density at radius 1 is 1.31 bits per heavy atom. The van der Waals surface area contributed by atoms with Crippen LogP contribution in [-0.4, -0.2) is 36.6 Å². The van der Waals surface area contributed by atoms with Crippen molar-refractivity contribution in [1.29, 1.82) is 0 Å². The number of aromatic hydroxyl groups is 1. The Labute approximate surface area is 170 Å². The lowest BCUT2D eigenvalue weighted by Gasteiger charge is -2.06. The van der Waals surface area contributed by atoms with Crippen LogP contribution in [-0.2, 0) is 27.2 Å². The smallest absolute Gasteiger partial charge is 0.331 e. The number of methoxy groups -OCH3 is 1. The van der Waals surface area contributed by atoms with Crippen molar-refractivity contribution in [3.05, 3.63) is 45.8 Å². The average molecular weight is 416 g/mol. The first-order chi connectivity index (χ1) is 13.9. The SMILES string of the molecule is COc1cc(/C=C/C(=O)OCC(=O)Nc2sc3c(c2C(N)=O)CCC3)ccc1O. The van der Waals surface area contributed by atoms with Crippen molar-refractivity contribution in [2.45, 2.75) is 19.3 Å². The Kier molecular flexibility index (Phi) is 6.18. The number of amides is 2. The minimum Gasteiger partial charge on any atom is -0.504 e. The van der Waals surface area contributed by atoms with Gasteiger partial charge in [-0.1, -0.05) is 6.07 Å². The monoisotopic (exact) mass is 416 g/mol. The number of phenols is 1. The summed E-state index contributed by atoms with van der Waals surface area (Å²) in [5.41, 5.74) is 7.32. The third-order valence-electron chi connectivity index (χ3n) is 4.38. The van der Waals surface area contributed by atoms with Crippen LogP contribution in [0, 0.1) is 0 Å². The first-order valence-electron chi connectivity index (χ1n) is 8.85. The maximum atomic E-state index is 12.1. The van der Waals surface area contributed by atoms with E-state index in [1.54, 1.807) is 12.1 Å². The highest BCUT2D eigenvalue weighted by Crippen LogP contribution is 2.38. The summed E-state index contributed by atoms with van der Waals surface area (Å²) in [6.45, 7) is -0.497. The second-order valence-electron chi connectivity index (χ2n) is 6.35. The number of primary amides is 1. The van der Waals surface area contributed by atoms with Crippen LogP contribution in [0.2, 0.25) is 0 Å². The first kappa shape index (κ1) is 20.4. The van der Waals surface area contributed by atoms with E-state index in [1.165, 1.54) is 30.6 Å². The number of aryl methyl sites for hydroxylation is 1. The van der Waals surface area contributed by atoms with Crippen LogP contribution in [0.15, 0.2) is 24.3 Å². The maximum Gasteiger partial charge on any atom is 0.331 e. The van der Waals surface area contributed by atoms with Crippen LogP contribution in [0.3, 0.4) is 0 Å². The second-order valence-corrected chi connectivity index (χ2v) is 7.45. The number of benzene rings is 1. The van der Waals surface area contributed by atoms with Gasteiger partial charge in [0.25, 0.3) is 11.8 Å². The van der Waals surface area contributed by atoms with Gasteiger partial charge in [0.15, 0.2) is 18.1 Å². The van der Waals surface area contributed by atoms with E-state index in [-0.39, 0.29) is 11.5 Å². The molecule has 0 spiro atoms. The van der Waals surface area contributed by atoms with Gasteiger partial charge in [0.05, 0.1) is 12.7 Å². The van der Waals surface area contributed by atoms with Crippen molar-refractivity contribution < 1.29 is 29.0 Å². The highest BCUT2D eigenvalue weighted by molar-refractivity contribution is 7.17. The lowest BCUT2D eigenvalue weighted by Crippen LogP contribution is -2.22. The van der Waals surface area contributed by atoms with Crippen molar-refractivity contribution in [1.82, 2.24) is 0 Å². The highest BCUT2D eigenvalue weighted by Gasteiger charge is 2.26. The minimum absolute atomic E-state index is 0.0150. The Bertz CT molecular complexity index is 995. The van der Waals surface area contributed by atoms with Gasteiger partial charge in [0.1, 0.15) is 5.00 Å². The first-order valence-corrected chi connectivity index (χ1v) is 9.66. The van der Waals surface area contributed by atoms with Crippen LogP contribution in [0.5, 0.6) is 11.5 Å². The van der Waals surface area contributed by atoms with Crippen LogP contribution in [0.25, 0.3) is 6.08 Å². The number of hydrogen-bond donors (Lipinski definition) is 3. The molecule has 1 aromatic heterocycles. The Morgan fingerprint density at radius 3 is 2.83 bits per heavy atom. The summed E-state index contributed by atoms with van der Waals surface area (Å²) in [7, 11) is 1.42. The molecule has 0 atom stereocenters. The molecule has 1 aliphatic rings. The number of hydrogen-bond acceptors (Lipinski definition) is 7. The lowest BCUT2D eigenvalue weighted by molar-refractivity contribution is -0.142. The van der Waals surface area contributed by atoms with Crippen LogP contribution >= 0.6 is 11.3 Å². The Balaban J connectivity index is 1.56. The van der Waals surface area contributed by atoms with Crippen LogP contribution in [0.4, 0.5) is 5.00 Å². The van der Waals surface area contributed by atoms with Gasteiger partial charge in [-0.3, -0.25) is 9.59 Å². The van der Waals surface area contributed by atoms with E-state index in [2.05, 4.69) is 5.32 Å². The van der Waals surface area contributed by atoms with Crippen LogP contribution in [0.1, 0.15) is 32.8 Å². The molecule has 1 aliphatic carbocycles. The van der Waals surface area contributed by atoms with Gasteiger partial charge in [0, 0.05) is 11.0 Å². The molecule has 0 radical (unpaired) electrons. The van der Waals surface area contributed by atoms with Crippen molar-refractivity contribution in [2.24, 2.45) is 5.73 Å². The van der Waals surface area contributed by atoms with E-state index in [0.29, 0.717) is 16.1 Å². The maximum absolute atomic E-state index is 12.1. The fourth-order valence-electron chi connectivity index (χ4n) is 3.06. The highest BCUT2D eigenvalue weighted by atomic mass is 32.1. The number of thiophene rings is 1. The van der Waals surface area contributed by atoms with Crippen molar-refractivity contribution in [3.63, 3.8) is 0 Å². The van der Waals surface area contributed by atoms with E-state index in [1.807, 2.05) is 0 Å². The molecule has 0 fully saturated rings. The van der Waals surface area contributed by atoms with Crippen molar-refractivity contribution in [2.75, 3.05) is 19.0 Å². The molecule has 152 valence electrons. The zero-order valence-corrected chi connectivity index (χ0v) is 16.5. The number of phenolic OH excluding ortho intramolecular Hbond substituents is 1. The average Bonchev–Trinajstić information content (AvgIpc) is 3.26. The summed E-state index contributed by atoms with van der Waals surface area (Å²) < 4.78 is 9.92. The zero-order chi connectivity index (χ0) is 21.0. The molecular weight excluding hydrogens is 396 g/mol. The number of carbonyl (C=O) groups excluding carboxylic acids is 3. The molecule has 1 aromatic carbocycles. The fraction of sp³-hybridized carbons (Fsp3) is 0.250. The quantitative estimate of drug-likeness (QED) is 0.469. The minimum atomic E-state index is -0.712. The predicted octanol–water partition coefficient (Wildman–Crippen LogP) is 2.25. The largest absolute Gasteiger partial charge is 0.504 e. The van der Waals surface area contributed by atoms with E-state index in [0.717, 1.165) is 35.8 Å². The van der Waals surface area contributed by atoms with Gasteiger partial charge in [-0.2, -0.15) is 0 Å². The number of anilines is 1. The van der Waals surface area contributed by atoms with Gasteiger partial charge in [0.2, 0.25) is 0 Å². The zero-order valence-electron chi connectivity index (χ0n) is 15.7. The number of ether oxygens (including phenoxy) is 2. The Hall–Kier alpha value is -3.33.